The van der Waals surface area contributed by atoms with Crippen LogP contribution in [0.5, 0.6) is 0 Å². The van der Waals surface area contributed by atoms with Crippen molar-refractivity contribution >= 4 is 21.6 Å². The number of aromatic nitrogens is 5. The molecule has 0 amide bonds. The van der Waals surface area contributed by atoms with Crippen molar-refractivity contribution in [3.05, 3.63) is 64.9 Å². The molecule has 3 aromatic heterocycles. The van der Waals surface area contributed by atoms with Crippen LogP contribution in [0.15, 0.2) is 30.9 Å². The van der Waals surface area contributed by atoms with E-state index in [0.717, 1.165) is 31.5 Å². The van der Waals surface area contributed by atoms with Gasteiger partial charge in [-0.05, 0) is 78.2 Å². The van der Waals surface area contributed by atoms with Crippen molar-refractivity contribution in [1.82, 2.24) is 29.8 Å². The molecule has 0 atom stereocenters. The topological polar surface area (TPSA) is 114 Å². The van der Waals surface area contributed by atoms with Crippen LogP contribution < -0.4 is 5.32 Å². The third-order valence-electron chi connectivity index (χ3n) is 6.76. The molecule has 0 unspecified atom stereocenters. The van der Waals surface area contributed by atoms with Crippen LogP contribution in [0, 0.1) is 12.7 Å². The van der Waals surface area contributed by atoms with Crippen LogP contribution in [0.4, 0.5) is 16.2 Å². The molecule has 1 saturated heterocycles. The van der Waals surface area contributed by atoms with Crippen LogP contribution >= 0.6 is 0 Å². The number of likely N-dealkylation sites (tertiary alicyclic amines) is 1. The molecule has 37 heavy (non-hydrogen) atoms. The van der Waals surface area contributed by atoms with Crippen molar-refractivity contribution in [3.63, 3.8) is 0 Å². The van der Waals surface area contributed by atoms with Crippen molar-refractivity contribution in [3.8, 4) is 0 Å². The van der Waals surface area contributed by atoms with E-state index in [4.69, 9.17) is 0 Å². The lowest BCUT2D eigenvalue weighted by molar-refractivity contribution is 0.253. The summed E-state index contributed by atoms with van der Waals surface area (Å²) in [5, 5.41) is 3.00. The summed E-state index contributed by atoms with van der Waals surface area (Å²) in [6, 6.07) is 3.08. The Bertz CT molecular complexity index is 1370. The first kappa shape index (κ1) is 27.0. The van der Waals surface area contributed by atoms with E-state index in [0.29, 0.717) is 40.8 Å². The molecular weight excluding hydrogens is 493 g/mol. The molecule has 11 heteroatoms. The van der Waals surface area contributed by atoms with Crippen LogP contribution in [0.3, 0.4) is 0 Å². The van der Waals surface area contributed by atoms with Gasteiger partial charge < -0.3 is 10.2 Å². The maximum Gasteiger partial charge on any atom is 0.228 e. The molecule has 0 aromatic carbocycles. The monoisotopic (exact) mass is 527 g/mol. The Labute approximate surface area is 217 Å². The van der Waals surface area contributed by atoms with Gasteiger partial charge >= 0.3 is 0 Å². The highest BCUT2D eigenvalue weighted by Gasteiger charge is 2.29. The van der Waals surface area contributed by atoms with Crippen molar-refractivity contribution in [2.45, 2.75) is 63.4 Å². The first-order valence-electron chi connectivity index (χ1n) is 12.4. The Morgan fingerprint density at radius 2 is 1.76 bits per heavy atom. The van der Waals surface area contributed by atoms with Gasteiger partial charge in [-0.1, -0.05) is 0 Å². The lowest BCUT2D eigenvalue weighted by Crippen LogP contribution is -2.29. The second kappa shape index (κ2) is 10.7. The summed E-state index contributed by atoms with van der Waals surface area (Å²) in [7, 11) is -1.29. The predicted molar refractivity (Wildman–Crippen MR) is 141 cm³/mol. The minimum absolute atomic E-state index is 0.160. The molecular formula is C26H34FN7O2S. The van der Waals surface area contributed by atoms with Crippen molar-refractivity contribution in [2.75, 3.05) is 25.5 Å². The average molecular weight is 528 g/mol. The first-order valence-corrected chi connectivity index (χ1v) is 14.0. The largest absolute Gasteiger partial charge is 0.309 e. The van der Waals surface area contributed by atoms with Gasteiger partial charge in [0.15, 0.2) is 9.84 Å². The van der Waals surface area contributed by atoms with E-state index in [1.54, 1.807) is 39.2 Å². The lowest BCUT2D eigenvalue weighted by Gasteiger charge is -2.29. The number of hydrogen-bond donors (Lipinski definition) is 1. The van der Waals surface area contributed by atoms with Gasteiger partial charge in [-0.25, -0.2) is 37.7 Å². The zero-order valence-electron chi connectivity index (χ0n) is 22.0. The first-order chi connectivity index (χ1) is 17.4. The Hall–Kier alpha value is -3.05. The molecule has 1 aliphatic heterocycles. The van der Waals surface area contributed by atoms with Crippen molar-refractivity contribution in [1.29, 1.82) is 0 Å². The van der Waals surface area contributed by atoms with E-state index in [9.17, 15) is 12.8 Å². The fourth-order valence-corrected chi connectivity index (χ4v) is 5.14. The van der Waals surface area contributed by atoms with E-state index in [1.807, 2.05) is 6.92 Å². The van der Waals surface area contributed by atoms with Crippen LogP contribution in [0.1, 0.15) is 67.7 Å². The van der Waals surface area contributed by atoms with E-state index in [-0.39, 0.29) is 17.5 Å². The summed E-state index contributed by atoms with van der Waals surface area (Å²) in [5.41, 5.74) is 3.30. The lowest BCUT2D eigenvalue weighted by atomic mass is 9.90. The van der Waals surface area contributed by atoms with Gasteiger partial charge in [-0.3, -0.25) is 0 Å². The summed E-state index contributed by atoms with van der Waals surface area (Å²) in [5.74, 6) is 0.367. The molecule has 4 rings (SSSR count). The van der Waals surface area contributed by atoms with Gasteiger partial charge in [0, 0.05) is 30.4 Å². The summed E-state index contributed by atoms with van der Waals surface area (Å²) in [6.45, 7) is 8.80. The third kappa shape index (κ3) is 6.64. The molecule has 4 heterocycles. The van der Waals surface area contributed by atoms with Crippen molar-refractivity contribution < 1.29 is 12.8 Å². The maximum absolute atomic E-state index is 14.9. The quantitative estimate of drug-likeness (QED) is 0.487. The fourth-order valence-electron chi connectivity index (χ4n) is 4.16. The van der Waals surface area contributed by atoms with Gasteiger partial charge in [0.05, 0.1) is 27.6 Å². The number of pyridine rings is 1. The number of halogens is 1. The highest BCUT2D eigenvalue weighted by molar-refractivity contribution is 7.91. The molecule has 0 spiro atoms. The number of hydrogen-bond acceptors (Lipinski definition) is 9. The average Bonchev–Trinajstić information content (AvgIpc) is 2.81. The SMILES string of the molecule is Cc1cnc(Nc2cc(F)c(C3CCN(C)CC3)cn2)nc1Cc1cc(CS(=O)(=O)C(C)(C)C)ncn1. The third-order valence-corrected chi connectivity index (χ3v) is 9.30. The smallest absolute Gasteiger partial charge is 0.228 e. The van der Waals surface area contributed by atoms with Gasteiger partial charge in [0.1, 0.15) is 18.0 Å². The number of piperidine rings is 1. The molecule has 0 saturated carbocycles. The van der Waals surface area contributed by atoms with Crippen LogP contribution in [0.2, 0.25) is 0 Å². The van der Waals surface area contributed by atoms with Crippen LogP contribution in [-0.2, 0) is 22.0 Å². The molecule has 1 fully saturated rings. The van der Waals surface area contributed by atoms with Gasteiger partial charge in [0.25, 0.3) is 0 Å². The molecule has 0 radical (unpaired) electrons. The normalized spacial score (nSPS) is 15.6. The Morgan fingerprint density at radius 1 is 1.05 bits per heavy atom. The standard InChI is InChI=1S/C26H34FN7O2S/c1-17-13-29-25(33-24-12-22(27)21(14-28-24)18-6-8-34(5)9-7-18)32-23(17)11-19-10-20(31-16-30-19)15-37(35,36)26(2,3)4/h10,12-14,16,18H,6-9,11,15H2,1-5H3,(H,28,29,32,33). The Morgan fingerprint density at radius 3 is 2.43 bits per heavy atom. The van der Waals surface area contributed by atoms with E-state index >= 15 is 0 Å². The number of rotatable bonds is 7. The van der Waals surface area contributed by atoms with Crippen molar-refractivity contribution in [2.24, 2.45) is 0 Å². The molecule has 9 nitrogen and oxygen atoms in total. The summed E-state index contributed by atoms with van der Waals surface area (Å²) in [6.07, 6.45) is 6.86. The number of aryl methyl sites for hydroxylation is 1. The molecule has 0 aliphatic carbocycles. The second-order valence-electron chi connectivity index (χ2n) is 10.7. The number of nitrogens with zero attached hydrogens (tertiary/aromatic N) is 6. The number of nitrogens with one attached hydrogen (secondary N) is 1. The zero-order chi connectivity index (χ0) is 26.8. The highest BCUT2D eigenvalue weighted by atomic mass is 32.2. The fraction of sp³-hybridized carbons (Fsp3) is 0.500. The highest BCUT2D eigenvalue weighted by Crippen LogP contribution is 2.30. The minimum atomic E-state index is -3.37. The zero-order valence-corrected chi connectivity index (χ0v) is 22.8. The molecule has 0 bridgehead atoms. The van der Waals surface area contributed by atoms with Crippen LogP contribution in [-0.4, -0.2) is 63.1 Å². The molecule has 3 aromatic rings. The molecule has 1 aliphatic rings. The predicted octanol–water partition coefficient (Wildman–Crippen LogP) is 3.97. The maximum atomic E-state index is 14.9. The van der Waals surface area contributed by atoms with E-state index < -0.39 is 14.6 Å². The van der Waals surface area contributed by atoms with Gasteiger partial charge in [0.2, 0.25) is 5.95 Å². The van der Waals surface area contributed by atoms with Crippen LogP contribution in [0.25, 0.3) is 0 Å². The minimum Gasteiger partial charge on any atom is -0.309 e. The van der Waals surface area contributed by atoms with Gasteiger partial charge in [-0.15, -0.1) is 0 Å². The summed E-state index contributed by atoms with van der Waals surface area (Å²) in [4.78, 5) is 24.0. The van der Waals surface area contributed by atoms with E-state index in [1.165, 1.54) is 12.4 Å². The summed E-state index contributed by atoms with van der Waals surface area (Å²) >= 11 is 0. The van der Waals surface area contributed by atoms with Gasteiger partial charge in [-0.2, -0.15) is 0 Å². The number of anilines is 2. The summed E-state index contributed by atoms with van der Waals surface area (Å²) < 4.78 is 39.2. The second-order valence-corrected chi connectivity index (χ2v) is 13.4. The Balaban J connectivity index is 1.48. The molecule has 1 N–H and O–H groups in total. The Kier molecular flexibility index (Phi) is 7.84. The van der Waals surface area contributed by atoms with E-state index in [2.05, 4.69) is 42.2 Å². The number of sulfone groups is 1. The molecule has 198 valence electrons.